The number of aryl methyl sites for hydroxylation is 1. The Bertz CT molecular complexity index is 646. The molecule has 1 saturated heterocycles. The van der Waals surface area contributed by atoms with Crippen LogP contribution in [0, 0.1) is 12.7 Å². The van der Waals surface area contributed by atoms with Crippen molar-refractivity contribution >= 4 is 5.91 Å². The van der Waals surface area contributed by atoms with Gasteiger partial charge in [0.25, 0.3) is 5.91 Å². The van der Waals surface area contributed by atoms with Crippen LogP contribution in [0.15, 0.2) is 34.9 Å². The van der Waals surface area contributed by atoms with E-state index in [2.05, 4.69) is 10.1 Å². The average molecular weight is 303 g/mol. The van der Waals surface area contributed by atoms with Gasteiger partial charge < -0.3 is 9.42 Å². The van der Waals surface area contributed by atoms with Gasteiger partial charge in [0, 0.05) is 37.8 Å². The predicted molar refractivity (Wildman–Crippen MR) is 78.8 cm³/mol. The minimum atomic E-state index is -0.330. The summed E-state index contributed by atoms with van der Waals surface area (Å²) in [6.07, 6.45) is 0. The standard InChI is InChI=1S/C16H18FN3O2/c1-12-10-15(22-18-12)11-19-6-8-20(9-7-19)16(21)13-2-4-14(17)5-3-13/h2-5,10H,6-9,11H2,1H3. The van der Waals surface area contributed by atoms with Crippen LogP contribution < -0.4 is 0 Å². The topological polar surface area (TPSA) is 49.6 Å². The second kappa shape index (κ2) is 6.27. The highest BCUT2D eigenvalue weighted by atomic mass is 19.1. The molecule has 1 aromatic carbocycles. The van der Waals surface area contributed by atoms with E-state index in [4.69, 9.17) is 4.52 Å². The van der Waals surface area contributed by atoms with Gasteiger partial charge in [-0.15, -0.1) is 0 Å². The Morgan fingerprint density at radius 3 is 2.50 bits per heavy atom. The Kier molecular flexibility index (Phi) is 4.20. The Morgan fingerprint density at radius 1 is 1.23 bits per heavy atom. The summed E-state index contributed by atoms with van der Waals surface area (Å²) in [5.41, 5.74) is 1.40. The third-order valence-corrected chi connectivity index (χ3v) is 3.81. The van der Waals surface area contributed by atoms with Crippen LogP contribution >= 0.6 is 0 Å². The highest BCUT2D eigenvalue weighted by Crippen LogP contribution is 2.12. The summed E-state index contributed by atoms with van der Waals surface area (Å²) in [6, 6.07) is 7.62. The lowest BCUT2D eigenvalue weighted by Gasteiger charge is -2.34. The van der Waals surface area contributed by atoms with Crippen LogP contribution in [0.4, 0.5) is 4.39 Å². The minimum absolute atomic E-state index is 0.0461. The second-order valence-corrected chi connectivity index (χ2v) is 5.51. The van der Waals surface area contributed by atoms with E-state index < -0.39 is 0 Å². The van der Waals surface area contributed by atoms with E-state index in [1.807, 2.05) is 13.0 Å². The number of piperazine rings is 1. The summed E-state index contributed by atoms with van der Waals surface area (Å²) >= 11 is 0. The third-order valence-electron chi connectivity index (χ3n) is 3.81. The number of carbonyl (C=O) groups excluding carboxylic acids is 1. The first-order valence-corrected chi connectivity index (χ1v) is 7.31. The number of benzene rings is 1. The molecule has 0 radical (unpaired) electrons. The molecule has 0 N–H and O–H groups in total. The highest BCUT2D eigenvalue weighted by molar-refractivity contribution is 5.94. The first kappa shape index (κ1) is 14.7. The molecule has 0 spiro atoms. The molecule has 1 aliphatic rings. The summed E-state index contributed by atoms with van der Waals surface area (Å²) in [5, 5.41) is 3.88. The molecule has 0 unspecified atom stereocenters. The van der Waals surface area contributed by atoms with Crippen molar-refractivity contribution in [1.29, 1.82) is 0 Å². The van der Waals surface area contributed by atoms with Gasteiger partial charge in [0.1, 0.15) is 5.82 Å². The van der Waals surface area contributed by atoms with E-state index in [1.54, 1.807) is 4.90 Å². The smallest absolute Gasteiger partial charge is 0.253 e. The second-order valence-electron chi connectivity index (χ2n) is 5.51. The summed E-state index contributed by atoms with van der Waals surface area (Å²) in [4.78, 5) is 16.4. The summed E-state index contributed by atoms with van der Waals surface area (Å²) in [7, 11) is 0. The first-order chi connectivity index (χ1) is 10.6. The van der Waals surface area contributed by atoms with Crippen LogP contribution in [-0.2, 0) is 6.54 Å². The number of aromatic nitrogens is 1. The number of carbonyl (C=O) groups is 1. The molecule has 0 atom stereocenters. The van der Waals surface area contributed by atoms with Gasteiger partial charge in [0.05, 0.1) is 12.2 Å². The molecule has 1 fully saturated rings. The maximum atomic E-state index is 12.9. The maximum Gasteiger partial charge on any atom is 0.253 e. The summed E-state index contributed by atoms with van der Waals surface area (Å²) < 4.78 is 18.1. The predicted octanol–water partition coefficient (Wildman–Crippen LogP) is 2.08. The number of rotatable bonds is 3. The van der Waals surface area contributed by atoms with Crippen molar-refractivity contribution in [3.8, 4) is 0 Å². The van der Waals surface area contributed by atoms with Gasteiger partial charge in [-0.25, -0.2) is 4.39 Å². The molecule has 116 valence electrons. The van der Waals surface area contributed by atoms with Gasteiger partial charge in [-0.3, -0.25) is 9.69 Å². The first-order valence-electron chi connectivity index (χ1n) is 7.31. The molecule has 0 saturated carbocycles. The van der Waals surface area contributed by atoms with Gasteiger partial charge in [-0.05, 0) is 31.2 Å². The molecule has 0 bridgehead atoms. The van der Waals surface area contributed by atoms with Gasteiger partial charge in [0.15, 0.2) is 5.76 Å². The number of amides is 1. The van der Waals surface area contributed by atoms with E-state index in [9.17, 15) is 9.18 Å². The van der Waals surface area contributed by atoms with E-state index in [0.717, 1.165) is 24.5 Å². The highest BCUT2D eigenvalue weighted by Gasteiger charge is 2.22. The molecule has 0 aliphatic carbocycles. The van der Waals surface area contributed by atoms with Crippen molar-refractivity contribution in [3.63, 3.8) is 0 Å². The number of nitrogens with zero attached hydrogens (tertiary/aromatic N) is 3. The zero-order chi connectivity index (χ0) is 15.5. The van der Waals surface area contributed by atoms with Crippen molar-refractivity contribution in [2.45, 2.75) is 13.5 Å². The Morgan fingerprint density at radius 2 is 1.91 bits per heavy atom. The van der Waals surface area contributed by atoms with Crippen molar-refractivity contribution < 1.29 is 13.7 Å². The number of hydrogen-bond donors (Lipinski definition) is 0. The van der Waals surface area contributed by atoms with Crippen LogP contribution in [0.25, 0.3) is 0 Å². The van der Waals surface area contributed by atoms with Crippen LogP contribution in [0.5, 0.6) is 0 Å². The fourth-order valence-corrected chi connectivity index (χ4v) is 2.60. The normalized spacial score (nSPS) is 16.0. The van der Waals surface area contributed by atoms with Crippen molar-refractivity contribution in [2.75, 3.05) is 26.2 Å². The van der Waals surface area contributed by atoms with Gasteiger partial charge >= 0.3 is 0 Å². The quantitative estimate of drug-likeness (QED) is 0.871. The zero-order valence-corrected chi connectivity index (χ0v) is 12.5. The van der Waals surface area contributed by atoms with Crippen molar-refractivity contribution in [2.24, 2.45) is 0 Å². The van der Waals surface area contributed by atoms with Crippen molar-refractivity contribution in [3.05, 3.63) is 53.2 Å². The molecular weight excluding hydrogens is 285 g/mol. The zero-order valence-electron chi connectivity index (χ0n) is 12.5. The third kappa shape index (κ3) is 3.33. The monoisotopic (exact) mass is 303 g/mol. The van der Waals surface area contributed by atoms with Crippen LogP contribution in [-0.4, -0.2) is 47.0 Å². The van der Waals surface area contributed by atoms with Crippen LogP contribution in [0.3, 0.4) is 0 Å². The lowest BCUT2D eigenvalue weighted by atomic mass is 10.1. The van der Waals surface area contributed by atoms with Crippen LogP contribution in [0.2, 0.25) is 0 Å². The minimum Gasteiger partial charge on any atom is -0.360 e. The Labute approximate surface area is 128 Å². The summed E-state index contributed by atoms with van der Waals surface area (Å²) in [6.45, 7) is 5.48. The molecule has 5 nitrogen and oxygen atoms in total. The Hall–Kier alpha value is -2.21. The lowest BCUT2D eigenvalue weighted by Crippen LogP contribution is -2.48. The fourth-order valence-electron chi connectivity index (χ4n) is 2.60. The Balaban J connectivity index is 1.55. The molecule has 6 heteroatoms. The van der Waals surface area contributed by atoms with E-state index in [-0.39, 0.29) is 11.7 Å². The molecule has 3 rings (SSSR count). The maximum absolute atomic E-state index is 12.9. The number of hydrogen-bond acceptors (Lipinski definition) is 4. The molecule has 22 heavy (non-hydrogen) atoms. The lowest BCUT2D eigenvalue weighted by molar-refractivity contribution is 0.0617. The molecular formula is C16H18FN3O2. The molecule has 1 amide bonds. The van der Waals surface area contributed by atoms with E-state index in [1.165, 1.54) is 24.3 Å². The van der Waals surface area contributed by atoms with Crippen LogP contribution in [0.1, 0.15) is 21.8 Å². The van der Waals surface area contributed by atoms with Gasteiger partial charge in [-0.2, -0.15) is 0 Å². The fraction of sp³-hybridized carbons (Fsp3) is 0.375. The summed E-state index contributed by atoms with van der Waals surface area (Å²) in [5.74, 6) is 0.467. The molecule has 2 heterocycles. The molecule has 1 aromatic heterocycles. The van der Waals surface area contributed by atoms with Gasteiger partial charge in [0.2, 0.25) is 0 Å². The van der Waals surface area contributed by atoms with E-state index >= 15 is 0 Å². The largest absolute Gasteiger partial charge is 0.360 e. The average Bonchev–Trinajstić information content (AvgIpc) is 2.93. The molecule has 2 aromatic rings. The van der Waals surface area contributed by atoms with Crippen molar-refractivity contribution in [1.82, 2.24) is 15.0 Å². The SMILES string of the molecule is Cc1cc(CN2CCN(C(=O)c3ccc(F)cc3)CC2)on1. The molecule has 1 aliphatic heterocycles. The van der Waals surface area contributed by atoms with E-state index in [0.29, 0.717) is 25.2 Å². The van der Waals surface area contributed by atoms with Gasteiger partial charge in [-0.1, -0.05) is 5.16 Å². The number of halogens is 1.